The Morgan fingerprint density at radius 1 is 1.35 bits per heavy atom. The van der Waals surface area contributed by atoms with Crippen LogP contribution in [0.15, 0.2) is 24.3 Å². The summed E-state index contributed by atoms with van der Waals surface area (Å²) < 4.78 is 0. The highest BCUT2D eigenvalue weighted by molar-refractivity contribution is 5.74. The first kappa shape index (κ1) is 11.9. The number of carboxylic acids is 1. The van der Waals surface area contributed by atoms with Crippen LogP contribution >= 0.6 is 0 Å². The number of rotatable bonds is 3. The molecule has 0 amide bonds. The molecule has 0 bridgehead atoms. The molecule has 0 aromatic heterocycles. The molecule has 1 atom stereocenters. The van der Waals surface area contributed by atoms with Crippen molar-refractivity contribution < 1.29 is 15.0 Å². The van der Waals surface area contributed by atoms with E-state index < -0.39 is 12.1 Å². The van der Waals surface area contributed by atoms with Gasteiger partial charge < -0.3 is 20.4 Å². The van der Waals surface area contributed by atoms with Gasteiger partial charge in [0.05, 0.1) is 0 Å². The third-order valence-electron chi connectivity index (χ3n) is 2.90. The van der Waals surface area contributed by atoms with Crippen molar-refractivity contribution in [3.05, 3.63) is 29.8 Å². The predicted molar refractivity (Wildman–Crippen MR) is 64.1 cm³/mol. The topological polar surface area (TPSA) is 72.8 Å². The van der Waals surface area contributed by atoms with E-state index >= 15 is 0 Å². The Bertz CT molecular complexity index is 402. The average molecular weight is 236 g/mol. The lowest BCUT2D eigenvalue weighted by molar-refractivity contribution is -0.146. The number of hydrogen-bond acceptors (Lipinski definition) is 4. The van der Waals surface area contributed by atoms with Crippen LogP contribution in [0.3, 0.4) is 0 Å². The number of aliphatic hydroxyl groups is 1. The smallest absolute Gasteiger partial charge is 0.337 e. The Hall–Kier alpha value is -1.59. The Balaban J connectivity index is 2.18. The number of piperazine rings is 1. The summed E-state index contributed by atoms with van der Waals surface area (Å²) in [6.07, 6.45) is -1.45. The van der Waals surface area contributed by atoms with E-state index in [1.807, 2.05) is 6.07 Å². The number of carboxylic acid groups (broad SMARTS) is 1. The van der Waals surface area contributed by atoms with Crippen molar-refractivity contribution in [1.82, 2.24) is 5.32 Å². The summed E-state index contributed by atoms with van der Waals surface area (Å²) >= 11 is 0. The summed E-state index contributed by atoms with van der Waals surface area (Å²) in [5.41, 5.74) is 1.39. The summed E-state index contributed by atoms with van der Waals surface area (Å²) in [7, 11) is 0. The second kappa shape index (κ2) is 5.16. The molecule has 0 saturated carbocycles. The monoisotopic (exact) mass is 236 g/mol. The highest BCUT2D eigenvalue weighted by atomic mass is 16.4. The van der Waals surface area contributed by atoms with Crippen molar-refractivity contribution in [3.8, 4) is 0 Å². The van der Waals surface area contributed by atoms with Gasteiger partial charge in [-0.3, -0.25) is 0 Å². The lowest BCUT2D eigenvalue weighted by Gasteiger charge is -2.29. The molecule has 1 fully saturated rings. The number of hydrogen-bond donors (Lipinski definition) is 3. The molecule has 0 radical (unpaired) electrons. The Labute approximate surface area is 99.7 Å². The third kappa shape index (κ3) is 2.75. The number of nitrogens with zero attached hydrogens (tertiary/aromatic N) is 1. The van der Waals surface area contributed by atoms with E-state index in [0.29, 0.717) is 5.56 Å². The molecular formula is C12H16N2O3. The lowest BCUT2D eigenvalue weighted by Crippen LogP contribution is -2.43. The summed E-state index contributed by atoms with van der Waals surface area (Å²) in [4.78, 5) is 12.9. The first-order chi connectivity index (χ1) is 8.18. The summed E-state index contributed by atoms with van der Waals surface area (Å²) in [5, 5.41) is 21.5. The summed E-state index contributed by atoms with van der Waals surface area (Å²) in [6.45, 7) is 3.64. The summed E-state index contributed by atoms with van der Waals surface area (Å²) in [5.74, 6) is -1.22. The molecule has 1 unspecified atom stereocenters. The van der Waals surface area contributed by atoms with E-state index in [1.54, 1.807) is 18.2 Å². The minimum Gasteiger partial charge on any atom is -0.479 e. The second-order valence-electron chi connectivity index (χ2n) is 4.07. The molecule has 5 nitrogen and oxygen atoms in total. The van der Waals surface area contributed by atoms with Gasteiger partial charge in [-0.1, -0.05) is 12.1 Å². The Morgan fingerprint density at radius 2 is 2.06 bits per heavy atom. The minimum absolute atomic E-state index is 0.425. The first-order valence-corrected chi connectivity index (χ1v) is 5.65. The van der Waals surface area contributed by atoms with Crippen molar-refractivity contribution >= 4 is 11.7 Å². The highest BCUT2D eigenvalue weighted by Crippen LogP contribution is 2.21. The van der Waals surface area contributed by atoms with Crippen LogP contribution in [-0.2, 0) is 4.79 Å². The highest BCUT2D eigenvalue weighted by Gasteiger charge is 2.17. The van der Waals surface area contributed by atoms with Crippen molar-refractivity contribution in [2.24, 2.45) is 0 Å². The molecule has 1 aromatic carbocycles. The summed E-state index contributed by atoms with van der Waals surface area (Å²) in [6, 6.07) is 7.08. The van der Waals surface area contributed by atoms with Crippen molar-refractivity contribution in [2.75, 3.05) is 31.1 Å². The SMILES string of the molecule is O=C(O)C(O)c1cccc(N2CCNCC2)c1. The van der Waals surface area contributed by atoms with Gasteiger partial charge in [0.1, 0.15) is 0 Å². The molecule has 92 valence electrons. The van der Waals surface area contributed by atoms with Crippen LogP contribution < -0.4 is 10.2 Å². The lowest BCUT2D eigenvalue weighted by atomic mass is 10.1. The van der Waals surface area contributed by atoms with Crippen molar-refractivity contribution in [1.29, 1.82) is 0 Å². The average Bonchev–Trinajstić information content (AvgIpc) is 2.39. The molecule has 2 rings (SSSR count). The normalized spacial score (nSPS) is 17.8. The number of carbonyl (C=O) groups is 1. The quantitative estimate of drug-likeness (QED) is 0.700. The van der Waals surface area contributed by atoms with E-state index in [0.717, 1.165) is 31.9 Å². The van der Waals surface area contributed by atoms with E-state index in [2.05, 4.69) is 10.2 Å². The van der Waals surface area contributed by atoms with E-state index in [9.17, 15) is 9.90 Å². The van der Waals surface area contributed by atoms with Crippen LogP contribution in [0.5, 0.6) is 0 Å². The number of aliphatic carboxylic acids is 1. The molecule has 1 aliphatic heterocycles. The zero-order valence-corrected chi connectivity index (χ0v) is 9.47. The van der Waals surface area contributed by atoms with Gasteiger partial charge in [-0.05, 0) is 17.7 Å². The van der Waals surface area contributed by atoms with Gasteiger partial charge in [-0.25, -0.2) is 4.79 Å². The number of nitrogens with one attached hydrogen (secondary N) is 1. The molecule has 1 heterocycles. The maximum Gasteiger partial charge on any atom is 0.337 e. The number of benzene rings is 1. The molecule has 0 aliphatic carbocycles. The minimum atomic E-state index is -1.45. The van der Waals surface area contributed by atoms with Gasteiger partial charge >= 0.3 is 5.97 Å². The van der Waals surface area contributed by atoms with Crippen LogP contribution in [0.25, 0.3) is 0 Å². The zero-order chi connectivity index (χ0) is 12.3. The molecule has 0 spiro atoms. The molecule has 5 heteroatoms. The van der Waals surface area contributed by atoms with Gasteiger partial charge in [-0.2, -0.15) is 0 Å². The van der Waals surface area contributed by atoms with E-state index in [4.69, 9.17) is 5.11 Å². The van der Waals surface area contributed by atoms with Gasteiger partial charge in [-0.15, -0.1) is 0 Å². The zero-order valence-electron chi connectivity index (χ0n) is 9.47. The fourth-order valence-corrected chi connectivity index (χ4v) is 1.96. The molecule has 1 aromatic rings. The Kier molecular flexibility index (Phi) is 3.61. The van der Waals surface area contributed by atoms with Gasteiger partial charge in [0, 0.05) is 31.9 Å². The van der Waals surface area contributed by atoms with E-state index in [1.165, 1.54) is 0 Å². The first-order valence-electron chi connectivity index (χ1n) is 5.65. The van der Waals surface area contributed by atoms with Gasteiger partial charge in [0.25, 0.3) is 0 Å². The standard InChI is InChI=1S/C12H16N2O3/c15-11(12(16)17)9-2-1-3-10(8-9)14-6-4-13-5-7-14/h1-3,8,11,13,15H,4-7H2,(H,16,17). The van der Waals surface area contributed by atoms with Gasteiger partial charge in [0.2, 0.25) is 0 Å². The number of aliphatic hydroxyl groups excluding tert-OH is 1. The Morgan fingerprint density at radius 3 is 2.71 bits per heavy atom. The van der Waals surface area contributed by atoms with Crippen LogP contribution in [0.4, 0.5) is 5.69 Å². The number of anilines is 1. The van der Waals surface area contributed by atoms with Crippen LogP contribution in [-0.4, -0.2) is 42.4 Å². The second-order valence-corrected chi connectivity index (χ2v) is 4.07. The molecular weight excluding hydrogens is 220 g/mol. The van der Waals surface area contributed by atoms with Crippen LogP contribution in [0.1, 0.15) is 11.7 Å². The van der Waals surface area contributed by atoms with Crippen molar-refractivity contribution in [2.45, 2.75) is 6.10 Å². The van der Waals surface area contributed by atoms with Crippen molar-refractivity contribution in [3.63, 3.8) is 0 Å². The molecule has 1 aliphatic rings. The van der Waals surface area contributed by atoms with Crippen LogP contribution in [0.2, 0.25) is 0 Å². The molecule has 17 heavy (non-hydrogen) atoms. The fourth-order valence-electron chi connectivity index (χ4n) is 1.96. The van der Waals surface area contributed by atoms with E-state index in [-0.39, 0.29) is 0 Å². The fraction of sp³-hybridized carbons (Fsp3) is 0.417. The van der Waals surface area contributed by atoms with Crippen LogP contribution in [0, 0.1) is 0 Å². The van der Waals surface area contributed by atoms with Gasteiger partial charge in [0.15, 0.2) is 6.10 Å². The molecule has 3 N–H and O–H groups in total. The predicted octanol–water partition coefficient (Wildman–Crippen LogP) is 0.214. The maximum atomic E-state index is 10.7. The molecule has 1 saturated heterocycles. The largest absolute Gasteiger partial charge is 0.479 e. The maximum absolute atomic E-state index is 10.7. The third-order valence-corrected chi connectivity index (χ3v) is 2.90.